The van der Waals surface area contributed by atoms with Crippen molar-refractivity contribution in [3.8, 4) is 0 Å². The average Bonchev–Trinajstić information content (AvgIpc) is 3.37. The Hall–Kier alpha value is -2.36. The molecule has 0 aliphatic heterocycles. The van der Waals surface area contributed by atoms with Crippen molar-refractivity contribution in [2.24, 2.45) is 5.92 Å². The third kappa shape index (κ3) is 3.81. The Balaban J connectivity index is 1.74. The van der Waals surface area contributed by atoms with E-state index in [0.29, 0.717) is 5.92 Å². The van der Waals surface area contributed by atoms with Crippen LogP contribution in [0.1, 0.15) is 30.1 Å². The lowest BCUT2D eigenvalue weighted by Gasteiger charge is -2.19. The van der Waals surface area contributed by atoms with E-state index in [1.807, 2.05) is 48.5 Å². The van der Waals surface area contributed by atoms with Crippen LogP contribution >= 0.6 is 0 Å². The maximum atomic E-state index is 12.1. The summed E-state index contributed by atoms with van der Waals surface area (Å²) < 4.78 is 0. The monoisotopic (exact) mass is 281 g/mol. The molecule has 1 atom stereocenters. The van der Waals surface area contributed by atoms with E-state index in [4.69, 9.17) is 0 Å². The van der Waals surface area contributed by atoms with Crippen molar-refractivity contribution < 1.29 is 4.79 Å². The van der Waals surface area contributed by atoms with Crippen LogP contribution in [-0.2, 0) is 0 Å². The fourth-order valence-corrected chi connectivity index (χ4v) is 2.26. The number of pyridine rings is 1. The highest BCUT2D eigenvalue weighted by Crippen LogP contribution is 2.27. The molecule has 3 rings (SSSR count). The number of carbonyl (C=O) groups is 1. The van der Waals surface area contributed by atoms with E-state index >= 15 is 0 Å². The van der Waals surface area contributed by atoms with Gasteiger partial charge in [-0.1, -0.05) is 36.4 Å². The molecule has 0 unspecified atom stereocenters. The Kier molecular flexibility index (Phi) is 4.15. The summed E-state index contributed by atoms with van der Waals surface area (Å²) in [6.45, 7) is 0.759. The Labute approximate surface area is 124 Å². The van der Waals surface area contributed by atoms with Crippen molar-refractivity contribution in [1.82, 2.24) is 15.6 Å². The van der Waals surface area contributed by atoms with Gasteiger partial charge in [-0.25, -0.2) is 4.79 Å². The van der Waals surface area contributed by atoms with Gasteiger partial charge in [-0.2, -0.15) is 0 Å². The fraction of sp³-hybridized carbons (Fsp3) is 0.294. The van der Waals surface area contributed by atoms with Gasteiger partial charge >= 0.3 is 6.03 Å². The molecule has 1 saturated carbocycles. The van der Waals surface area contributed by atoms with E-state index < -0.39 is 0 Å². The molecule has 4 heteroatoms. The molecule has 2 N–H and O–H groups in total. The summed E-state index contributed by atoms with van der Waals surface area (Å²) in [7, 11) is 0. The topological polar surface area (TPSA) is 54.0 Å². The number of aromatic nitrogens is 1. The average molecular weight is 281 g/mol. The van der Waals surface area contributed by atoms with Gasteiger partial charge in [0.05, 0.1) is 11.7 Å². The van der Waals surface area contributed by atoms with Crippen molar-refractivity contribution in [1.29, 1.82) is 0 Å². The van der Waals surface area contributed by atoms with Crippen LogP contribution in [0.2, 0.25) is 0 Å². The summed E-state index contributed by atoms with van der Waals surface area (Å²) in [5.41, 5.74) is 1.86. The summed E-state index contributed by atoms with van der Waals surface area (Å²) in [5, 5.41) is 5.96. The van der Waals surface area contributed by atoms with Gasteiger partial charge in [-0.05, 0) is 36.5 Å². The molecule has 1 aromatic carbocycles. The third-order valence-corrected chi connectivity index (χ3v) is 3.64. The summed E-state index contributed by atoms with van der Waals surface area (Å²) >= 11 is 0. The molecule has 1 aromatic heterocycles. The summed E-state index contributed by atoms with van der Waals surface area (Å²) in [6, 6.07) is 15.3. The SMILES string of the molecule is O=C(NCC1CC1)N[C@H](c1ccccc1)c1ccccn1. The van der Waals surface area contributed by atoms with Crippen molar-refractivity contribution in [3.63, 3.8) is 0 Å². The van der Waals surface area contributed by atoms with Gasteiger partial charge in [0.25, 0.3) is 0 Å². The summed E-state index contributed by atoms with van der Waals surface area (Å²) in [4.78, 5) is 16.5. The van der Waals surface area contributed by atoms with Gasteiger partial charge in [0.15, 0.2) is 0 Å². The number of nitrogens with one attached hydrogen (secondary N) is 2. The fourth-order valence-electron chi connectivity index (χ4n) is 2.26. The lowest BCUT2D eigenvalue weighted by molar-refractivity contribution is 0.238. The Morgan fingerprint density at radius 3 is 2.57 bits per heavy atom. The predicted molar refractivity (Wildman–Crippen MR) is 81.8 cm³/mol. The molecular formula is C17H19N3O. The van der Waals surface area contributed by atoms with Gasteiger partial charge in [-0.15, -0.1) is 0 Å². The maximum absolute atomic E-state index is 12.1. The van der Waals surface area contributed by atoms with Crippen LogP contribution in [0.15, 0.2) is 54.7 Å². The maximum Gasteiger partial charge on any atom is 0.315 e. The number of benzene rings is 1. The number of rotatable bonds is 5. The molecule has 0 spiro atoms. The van der Waals surface area contributed by atoms with Crippen molar-refractivity contribution in [2.45, 2.75) is 18.9 Å². The molecule has 2 amide bonds. The van der Waals surface area contributed by atoms with Gasteiger partial charge in [-0.3, -0.25) is 4.98 Å². The molecule has 1 aliphatic rings. The molecule has 1 heterocycles. The van der Waals surface area contributed by atoms with Gasteiger partial charge in [0, 0.05) is 12.7 Å². The minimum atomic E-state index is -0.230. The number of hydrogen-bond donors (Lipinski definition) is 2. The number of urea groups is 1. The van der Waals surface area contributed by atoms with Crippen LogP contribution in [0.25, 0.3) is 0 Å². The quantitative estimate of drug-likeness (QED) is 0.885. The molecule has 108 valence electrons. The molecule has 0 saturated heterocycles. The van der Waals surface area contributed by atoms with Crippen LogP contribution in [0.3, 0.4) is 0 Å². The first-order valence-corrected chi connectivity index (χ1v) is 7.33. The normalized spacial score (nSPS) is 15.2. The molecule has 4 nitrogen and oxygen atoms in total. The van der Waals surface area contributed by atoms with Gasteiger partial charge < -0.3 is 10.6 Å². The van der Waals surface area contributed by atoms with E-state index in [0.717, 1.165) is 17.8 Å². The third-order valence-electron chi connectivity index (χ3n) is 3.64. The predicted octanol–water partition coefficient (Wildman–Crippen LogP) is 2.88. The van der Waals surface area contributed by atoms with E-state index in [-0.39, 0.29) is 12.1 Å². The largest absolute Gasteiger partial charge is 0.338 e. The zero-order chi connectivity index (χ0) is 14.5. The molecule has 0 radical (unpaired) electrons. The van der Waals surface area contributed by atoms with Gasteiger partial charge in [0.2, 0.25) is 0 Å². The van der Waals surface area contributed by atoms with Crippen molar-refractivity contribution in [3.05, 3.63) is 66.0 Å². The van der Waals surface area contributed by atoms with E-state index in [2.05, 4.69) is 15.6 Å². The van der Waals surface area contributed by atoms with E-state index in [1.54, 1.807) is 6.20 Å². The lowest BCUT2D eigenvalue weighted by Crippen LogP contribution is -2.39. The second-order valence-electron chi connectivity index (χ2n) is 5.40. The Morgan fingerprint density at radius 1 is 1.14 bits per heavy atom. The molecule has 1 aliphatic carbocycles. The minimum absolute atomic E-state index is 0.138. The Morgan fingerprint density at radius 2 is 1.90 bits per heavy atom. The highest BCUT2D eigenvalue weighted by atomic mass is 16.2. The van der Waals surface area contributed by atoms with Crippen LogP contribution < -0.4 is 10.6 Å². The van der Waals surface area contributed by atoms with Gasteiger partial charge in [0.1, 0.15) is 0 Å². The zero-order valence-corrected chi connectivity index (χ0v) is 11.8. The number of nitrogens with zero attached hydrogens (tertiary/aromatic N) is 1. The lowest BCUT2D eigenvalue weighted by atomic mass is 10.0. The molecule has 2 aromatic rings. The highest BCUT2D eigenvalue weighted by molar-refractivity contribution is 5.75. The molecule has 21 heavy (non-hydrogen) atoms. The van der Waals surface area contributed by atoms with Crippen LogP contribution in [-0.4, -0.2) is 17.6 Å². The summed E-state index contributed by atoms with van der Waals surface area (Å²) in [5.74, 6) is 0.667. The molecular weight excluding hydrogens is 262 g/mol. The first-order valence-electron chi connectivity index (χ1n) is 7.33. The zero-order valence-electron chi connectivity index (χ0n) is 11.8. The first kappa shape index (κ1) is 13.6. The second kappa shape index (κ2) is 6.39. The van der Waals surface area contributed by atoms with E-state index in [1.165, 1.54) is 12.8 Å². The second-order valence-corrected chi connectivity index (χ2v) is 5.40. The first-order chi connectivity index (χ1) is 10.3. The van der Waals surface area contributed by atoms with E-state index in [9.17, 15) is 4.79 Å². The number of carbonyl (C=O) groups excluding carboxylic acids is 1. The van der Waals surface area contributed by atoms with Crippen LogP contribution in [0.5, 0.6) is 0 Å². The van der Waals surface area contributed by atoms with Crippen LogP contribution in [0, 0.1) is 5.92 Å². The number of amides is 2. The van der Waals surface area contributed by atoms with Crippen molar-refractivity contribution >= 4 is 6.03 Å². The minimum Gasteiger partial charge on any atom is -0.338 e. The van der Waals surface area contributed by atoms with Crippen LogP contribution in [0.4, 0.5) is 4.79 Å². The number of hydrogen-bond acceptors (Lipinski definition) is 2. The summed E-state index contributed by atoms with van der Waals surface area (Å²) in [6.07, 6.45) is 4.19. The standard InChI is InChI=1S/C17H19N3O/c21-17(19-12-13-9-10-13)20-16(14-6-2-1-3-7-14)15-8-4-5-11-18-15/h1-8,11,13,16H,9-10,12H2,(H2,19,20,21)/t16-/m1/s1. The molecule has 0 bridgehead atoms. The highest BCUT2D eigenvalue weighted by Gasteiger charge is 2.23. The Bertz CT molecular complexity index is 542. The van der Waals surface area contributed by atoms with Crippen molar-refractivity contribution in [2.75, 3.05) is 6.54 Å². The smallest absolute Gasteiger partial charge is 0.315 e. The molecule has 1 fully saturated rings.